The van der Waals surface area contributed by atoms with Crippen LogP contribution in [-0.2, 0) is 4.74 Å². The molecule has 0 saturated carbocycles. The Morgan fingerprint density at radius 1 is 1.11 bits per heavy atom. The van der Waals surface area contributed by atoms with E-state index in [-0.39, 0.29) is 12.1 Å². The van der Waals surface area contributed by atoms with Gasteiger partial charge in [0, 0.05) is 19.6 Å². The summed E-state index contributed by atoms with van der Waals surface area (Å²) in [6.45, 7) is 10.3. The Morgan fingerprint density at radius 3 is 2.32 bits per heavy atom. The van der Waals surface area contributed by atoms with Crippen molar-refractivity contribution < 1.29 is 9.53 Å². The maximum Gasteiger partial charge on any atom is 0.407 e. The van der Waals surface area contributed by atoms with Gasteiger partial charge in [-0.25, -0.2) is 4.79 Å². The average Bonchev–Trinajstić information content (AvgIpc) is 2.60. The van der Waals surface area contributed by atoms with E-state index in [1.807, 2.05) is 33.8 Å². The largest absolute Gasteiger partial charge is 0.444 e. The number of carbonyl (C=O) groups is 1. The molecule has 0 spiro atoms. The summed E-state index contributed by atoms with van der Waals surface area (Å²) in [5, 5.41) is 9.35. The van der Waals surface area contributed by atoms with Crippen LogP contribution >= 0.6 is 0 Å². The lowest BCUT2D eigenvalue weighted by Gasteiger charge is -2.23. The minimum Gasteiger partial charge on any atom is -0.444 e. The lowest BCUT2D eigenvalue weighted by Crippen LogP contribution is -2.40. The highest BCUT2D eigenvalue weighted by Gasteiger charge is 2.15. The van der Waals surface area contributed by atoms with Crippen LogP contribution in [0.5, 0.6) is 0 Å². The molecule has 0 saturated heterocycles. The molecule has 28 heavy (non-hydrogen) atoms. The van der Waals surface area contributed by atoms with Crippen LogP contribution in [0.15, 0.2) is 35.3 Å². The van der Waals surface area contributed by atoms with E-state index >= 15 is 0 Å². The summed E-state index contributed by atoms with van der Waals surface area (Å²) in [6, 6.07) is 10.6. The topological polar surface area (TPSA) is 78.0 Å². The van der Waals surface area contributed by atoms with E-state index in [2.05, 4.69) is 59.2 Å². The van der Waals surface area contributed by atoms with Gasteiger partial charge in [0.15, 0.2) is 5.96 Å². The van der Waals surface area contributed by atoms with Gasteiger partial charge in [0.1, 0.15) is 5.60 Å². The highest BCUT2D eigenvalue weighted by molar-refractivity contribution is 5.79. The fraction of sp³-hybridized carbons (Fsp3) is 0.619. The van der Waals surface area contributed by atoms with E-state index in [1.165, 1.54) is 5.56 Å². The molecule has 158 valence electrons. The number of hydrogen-bond donors (Lipinski definition) is 3. The number of guanidine groups is 1. The molecule has 1 amide bonds. The smallest absolute Gasteiger partial charge is 0.407 e. The van der Waals surface area contributed by atoms with E-state index in [1.54, 1.807) is 0 Å². The molecule has 1 rings (SSSR count). The second kappa shape index (κ2) is 12.2. The Labute approximate surface area is 169 Å². The standard InChI is InChI=1S/C21H37N5O2/c1-7-22-19(23-14-11-15-24-20(27)28-21(2,3)4)25-16-18(26(5)6)17-12-9-8-10-13-17/h8-10,12-13,18H,7,11,14-16H2,1-6H3,(H,24,27)(H2,22,23,25). The van der Waals surface area contributed by atoms with Gasteiger partial charge in [-0.05, 0) is 53.8 Å². The third-order valence-electron chi connectivity index (χ3n) is 3.89. The summed E-state index contributed by atoms with van der Waals surface area (Å²) < 4.78 is 5.22. The Morgan fingerprint density at radius 2 is 1.75 bits per heavy atom. The van der Waals surface area contributed by atoms with Crippen LogP contribution in [0.25, 0.3) is 0 Å². The molecule has 0 heterocycles. The molecule has 0 aliphatic rings. The summed E-state index contributed by atoms with van der Waals surface area (Å²) >= 11 is 0. The zero-order valence-electron chi connectivity index (χ0n) is 18.2. The predicted molar refractivity (Wildman–Crippen MR) is 116 cm³/mol. The van der Waals surface area contributed by atoms with Gasteiger partial charge in [-0.2, -0.15) is 0 Å². The lowest BCUT2D eigenvalue weighted by molar-refractivity contribution is 0.0527. The first kappa shape index (κ1) is 23.8. The third-order valence-corrected chi connectivity index (χ3v) is 3.89. The summed E-state index contributed by atoms with van der Waals surface area (Å²) in [5.74, 6) is 0.780. The van der Waals surface area contributed by atoms with Crippen LogP contribution in [0, 0.1) is 0 Å². The maximum absolute atomic E-state index is 11.6. The second-order valence-electron chi connectivity index (χ2n) is 7.82. The van der Waals surface area contributed by atoms with Gasteiger partial charge in [-0.3, -0.25) is 4.99 Å². The van der Waals surface area contributed by atoms with Gasteiger partial charge in [0.25, 0.3) is 0 Å². The van der Waals surface area contributed by atoms with E-state index in [0.29, 0.717) is 19.6 Å². The number of ether oxygens (including phenoxy) is 1. The molecule has 3 N–H and O–H groups in total. The molecule has 7 heteroatoms. The first-order valence-electron chi connectivity index (χ1n) is 9.93. The monoisotopic (exact) mass is 391 g/mol. The molecule has 0 bridgehead atoms. The Hall–Kier alpha value is -2.28. The number of aliphatic imine (C=N–C) groups is 1. The van der Waals surface area contributed by atoms with Crippen molar-refractivity contribution in [3.63, 3.8) is 0 Å². The Bertz CT molecular complexity index is 597. The first-order chi connectivity index (χ1) is 13.2. The van der Waals surface area contributed by atoms with Gasteiger partial charge in [-0.15, -0.1) is 0 Å². The third kappa shape index (κ3) is 10.2. The minimum atomic E-state index is -0.477. The molecule has 0 aromatic heterocycles. The van der Waals surface area contributed by atoms with E-state index in [0.717, 1.165) is 18.9 Å². The number of rotatable bonds is 9. The molecule has 1 aromatic rings. The molecule has 7 nitrogen and oxygen atoms in total. The number of nitrogens with one attached hydrogen (secondary N) is 3. The molecular weight excluding hydrogens is 354 g/mol. The SMILES string of the molecule is CCNC(=NCC(c1ccccc1)N(C)C)NCCCNC(=O)OC(C)(C)C. The van der Waals surface area contributed by atoms with E-state index in [4.69, 9.17) is 9.73 Å². The molecule has 0 aliphatic carbocycles. The average molecular weight is 392 g/mol. The maximum atomic E-state index is 11.6. The Kier molecular flexibility index (Phi) is 10.4. The minimum absolute atomic E-state index is 0.213. The number of benzene rings is 1. The number of alkyl carbamates (subject to hydrolysis) is 1. The van der Waals surface area contributed by atoms with Gasteiger partial charge < -0.3 is 25.6 Å². The van der Waals surface area contributed by atoms with Crippen molar-refractivity contribution in [3.8, 4) is 0 Å². The normalized spacial score (nSPS) is 13.2. The molecule has 0 aliphatic heterocycles. The first-order valence-corrected chi connectivity index (χ1v) is 9.93. The number of amides is 1. The fourth-order valence-corrected chi connectivity index (χ4v) is 2.56. The molecule has 1 aromatic carbocycles. The molecule has 0 fully saturated rings. The number of likely N-dealkylation sites (N-methyl/N-ethyl adjacent to an activating group) is 1. The highest BCUT2D eigenvalue weighted by atomic mass is 16.6. The zero-order chi connectivity index (χ0) is 21.0. The number of nitrogens with zero attached hydrogens (tertiary/aromatic N) is 2. The quantitative estimate of drug-likeness (QED) is 0.343. The van der Waals surface area contributed by atoms with Crippen LogP contribution in [-0.4, -0.2) is 62.8 Å². The van der Waals surface area contributed by atoms with Crippen LogP contribution in [0.2, 0.25) is 0 Å². The summed E-state index contributed by atoms with van der Waals surface area (Å²) in [5.41, 5.74) is 0.767. The van der Waals surface area contributed by atoms with Gasteiger partial charge in [0.2, 0.25) is 0 Å². The number of carbonyl (C=O) groups excluding carboxylic acids is 1. The molecule has 0 radical (unpaired) electrons. The van der Waals surface area contributed by atoms with Crippen LogP contribution in [0.1, 0.15) is 45.7 Å². The van der Waals surface area contributed by atoms with E-state index < -0.39 is 5.60 Å². The molecular formula is C21H37N5O2. The summed E-state index contributed by atoms with van der Waals surface area (Å²) in [7, 11) is 4.13. The lowest BCUT2D eigenvalue weighted by atomic mass is 10.1. The van der Waals surface area contributed by atoms with Crippen molar-refractivity contribution in [1.29, 1.82) is 0 Å². The van der Waals surface area contributed by atoms with E-state index in [9.17, 15) is 4.79 Å². The van der Waals surface area contributed by atoms with Crippen LogP contribution < -0.4 is 16.0 Å². The molecule has 1 atom stereocenters. The van der Waals surface area contributed by atoms with Gasteiger partial charge in [0.05, 0.1) is 12.6 Å². The molecule has 1 unspecified atom stereocenters. The van der Waals surface area contributed by atoms with Crippen molar-refractivity contribution in [2.24, 2.45) is 4.99 Å². The van der Waals surface area contributed by atoms with Crippen molar-refractivity contribution >= 4 is 12.1 Å². The fourth-order valence-electron chi connectivity index (χ4n) is 2.56. The predicted octanol–water partition coefficient (Wildman–Crippen LogP) is 2.76. The van der Waals surface area contributed by atoms with Gasteiger partial charge >= 0.3 is 6.09 Å². The van der Waals surface area contributed by atoms with Crippen molar-refractivity contribution in [1.82, 2.24) is 20.9 Å². The van der Waals surface area contributed by atoms with Gasteiger partial charge in [-0.1, -0.05) is 30.3 Å². The second-order valence-corrected chi connectivity index (χ2v) is 7.82. The zero-order valence-corrected chi connectivity index (χ0v) is 18.2. The van der Waals surface area contributed by atoms with Crippen LogP contribution in [0.3, 0.4) is 0 Å². The Balaban J connectivity index is 2.47. The van der Waals surface area contributed by atoms with Crippen molar-refractivity contribution in [2.45, 2.75) is 45.8 Å². The van der Waals surface area contributed by atoms with Crippen LogP contribution in [0.4, 0.5) is 4.79 Å². The number of hydrogen-bond acceptors (Lipinski definition) is 4. The summed E-state index contributed by atoms with van der Waals surface area (Å²) in [4.78, 5) is 18.5. The summed E-state index contributed by atoms with van der Waals surface area (Å²) in [6.07, 6.45) is 0.393. The highest BCUT2D eigenvalue weighted by Crippen LogP contribution is 2.17. The van der Waals surface area contributed by atoms with Crippen molar-refractivity contribution in [3.05, 3.63) is 35.9 Å². The van der Waals surface area contributed by atoms with Crippen molar-refractivity contribution in [2.75, 3.05) is 40.3 Å².